The van der Waals surface area contributed by atoms with Gasteiger partial charge in [-0.3, -0.25) is 10.1 Å². The van der Waals surface area contributed by atoms with Gasteiger partial charge in [0, 0.05) is 5.75 Å². The molecule has 0 spiro atoms. The topological polar surface area (TPSA) is 87.0 Å². The summed E-state index contributed by atoms with van der Waals surface area (Å²) >= 11 is 1.85. The number of thioether (sulfide) groups is 1. The molecule has 0 radical (unpaired) electrons. The summed E-state index contributed by atoms with van der Waals surface area (Å²) < 4.78 is 1.65. The highest BCUT2D eigenvalue weighted by Gasteiger charge is 2.37. The smallest absolute Gasteiger partial charge is 0.333 e. The van der Waals surface area contributed by atoms with Gasteiger partial charge < -0.3 is 5.73 Å². The standard InChI is InChI=1S/C11H18N4O2S/c1-7-9(15(16)17)10(12)14(13-7)8-6-18-5-4-11(8,2)3/h8H,4-6,12H2,1-3H3. The number of anilines is 1. The quantitative estimate of drug-likeness (QED) is 0.658. The highest BCUT2D eigenvalue weighted by molar-refractivity contribution is 7.99. The summed E-state index contributed by atoms with van der Waals surface area (Å²) in [7, 11) is 0. The molecule has 0 aromatic carbocycles. The van der Waals surface area contributed by atoms with Gasteiger partial charge in [-0.25, -0.2) is 4.68 Å². The van der Waals surface area contributed by atoms with Crippen LogP contribution in [-0.2, 0) is 0 Å². The van der Waals surface area contributed by atoms with Crippen molar-refractivity contribution in [1.29, 1.82) is 0 Å². The molecule has 18 heavy (non-hydrogen) atoms. The first-order valence-corrected chi connectivity index (χ1v) is 7.07. The third kappa shape index (κ3) is 2.07. The van der Waals surface area contributed by atoms with Crippen molar-refractivity contribution >= 4 is 23.3 Å². The van der Waals surface area contributed by atoms with Crippen LogP contribution < -0.4 is 5.73 Å². The first-order chi connectivity index (χ1) is 8.34. The van der Waals surface area contributed by atoms with Crippen LogP contribution in [0.5, 0.6) is 0 Å². The molecule has 1 aromatic heterocycles. The largest absolute Gasteiger partial charge is 0.378 e. The highest BCUT2D eigenvalue weighted by Crippen LogP contribution is 2.44. The second-order valence-corrected chi connectivity index (χ2v) is 6.50. The number of hydrogen-bond acceptors (Lipinski definition) is 5. The lowest BCUT2D eigenvalue weighted by Gasteiger charge is -2.38. The van der Waals surface area contributed by atoms with E-state index >= 15 is 0 Å². The van der Waals surface area contributed by atoms with E-state index in [1.165, 1.54) is 0 Å². The highest BCUT2D eigenvalue weighted by atomic mass is 32.2. The van der Waals surface area contributed by atoms with Crippen molar-refractivity contribution in [2.75, 3.05) is 17.2 Å². The minimum Gasteiger partial charge on any atom is -0.378 e. The summed E-state index contributed by atoms with van der Waals surface area (Å²) in [6, 6.07) is 0.114. The lowest BCUT2D eigenvalue weighted by Crippen LogP contribution is -2.34. The third-order valence-corrected chi connectivity index (χ3v) is 4.68. The Kier molecular flexibility index (Phi) is 3.27. The van der Waals surface area contributed by atoms with Crippen LogP contribution in [0, 0.1) is 22.5 Å². The lowest BCUT2D eigenvalue weighted by molar-refractivity contribution is -0.384. The van der Waals surface area contributed by atoms with E-state index in [4.69, 9.17) is 5.73 Å². The van der Waals surface area contributed by atoms with Gasteiger partial charge in [0.1, 0.15) is 5.69 Å². The number of hydrogen-bond donors (Lipinski definition) is 1. The van der Waals surface area contributed by atoms with Gasteiger partial charge in [0.15, 0.2) is 0 Å². The van der Waals surface area contributed by atoms with Crippen LogP contribution in [0.1, 0.15) is 32.0 Å². The summed E-state index contributed by atoms with van der Waals surface area (Å²) in [5, 5.41) is 15.3. The molecule has 2 N–H and O–H groups in total. The maximum Gasteiger partial charge on any atom is 0.333 e. The van der Waals surface area contributed by atoms with E-state index in [1.807, 2.05) is 11.8 Å². The van der Waals surface area contributed by atoms with Gasteiger partial charge in [-0.05, 0) is 24.5 Å². The molecular formula is C11H18N4O2S. The van der Waals surface area contributed by atoms with Gasteiger partial charge in [-0.15, -0.1) is 0 Å². The predicted octanol–water partition coefficient (Wildman–Crippen LogP) is 2.39. The van der Waals surface area contributed by atoms with Gasteiger partial charge in [0.2, 0.25) is 5.82 Å². The monoisotopic (exact) mass is 270 g/mol. The maximum absolute atomic E-state index is 11.0. The molecular weight excluding hydrogens is 252 g/mol. The van der Waals surface area contributed by atoms with Crippen LogP contribution in [0.25, 0.3) is 0 Å². The Morgan fingerprint density at radius 2 is 2.28 bits per heavy atom. The summed E-state index contributed by atoms with van der Waals surface area (Å²) in [5.74, 6) is 2.19. The number of aromatic nitrogens is 2. The van der Waals surface area contributed by atoms with Crippen LogP contribution in [0.15, 0.2) is 0 Å². The summed E-state index contributed by atoms with van der Waals surface area (Å²) in [4.78, 5) is 10.5. The van der Waals surface area contributed by atoms with Crippen molar-refractivity contribution in [3.63, 3.8) is 0 Å². The van der Waals surface area contributed by atoms with Crippen LogP contribution >= 0.6 is 11.8 Å². The normalized spacial score (nSPS) is 22.9. The summed E-state index contributed by atoms with van der Waals surface area (Å²) in [6.45, 7) is 5.97. The molecule has 7 heteroatoms. The van der Waals surface area contributed by atoms with Crippen LogP contribution in [0.4, 0.5) is 11.5 Å². The van der Waals surface area contributed by atoms with E-state index in [1.54, 1.807) is 11.6 Å². The minimum atomic E-state index is -0.447. The molecule has 0 bridgehead atoms. The number of aryl methyl sites for hydroxylation is 1. The molecule has 1 aromatic rings. The van der Waals surface area contributed by atoms with Gasteiger partial charge in [-0.1, -0.05) is 13.8 Å². The third-order valence-electron chi connectivity index (χ3n) is 3.64. The van der Waals surface area contributed by atoms with Crippen molar-refractivity contribution in [3.05, 3.63) is 15.8 Å². The zero-order valence-corrected chi connectivity index (χ0v) is 11.7. The van der Waals surface area contributed by atoms with E-state index in [0.29, 0.717) is 5.69 Å². The zero-order valence-electron chi connectivity index (χ0n) is 10.8. The summed E-state index contributed by atoms with van der Waals surface area (Å²) in [6.07, 6.45) is 1.06. The molecule has 1 fully saturated rings. The lowest BCUT2D eigenvalue weighted by atomic mass is 9.82. The molecule has 0 saturated carbocycles. The van der Waals surface area contributed by atoms with E-state index in [2.05, 4.69) is 18.9 Å². The fourth-order valence-corrected chi connectivity index (χ4v) is 4.00. The van der Waals surface area contributed by atoms with Crippen molar-refractivity contribution in [2.24, 2.45) is 5.41 Å². The Balaban J connectivity index is 2.45. The molecule has 2 heterocycles. The first-order valence-electron chi connectivity index (χ1n) is 5.91. The van der Waals surface area contributed by atoms with Crippen molar-refractivity contribution < 1.29 is 4.92 Å². The molecule has 1 atom stereocenters. The number of nitrogens with two attached hydrogens (primary N) is 1. The minimum absolute atomic E-state index is 0.0543. The van der Waals surface area contributed by atoms with Crippen LogP contribution in [0.2, 0.25) is 0 Å². The number of rotatable bonds is 2. The molecule has 1 aliphatic heterocycles. The van der Waals surface area contributed by atoms with Crippen LogP contribution in [0.3, 0.4) is 0 Å². The number of nitrogen functional groups attached to an aromatic ring is 1. The molecule has 0 amide bonds. The van der Waals surface area contributed by atoms with Crippen molar-refractivity contribution in [2.45, 2.75) is 33.2 Å². The molecule has 0 aliphatic carbocycles. The Hall–Kier alpha value is -1.24. The molecule has 1 unspecified atom stereocenters. The van der Waals surface area contributed by atoms with E-state index in [9.17, 15) is 10.1 Å². The van der Waals surface area contributed by atoms with Crippen molar-refractivity contribution in [3.8, 4) is 0 Å². The average Bonchev–Trinajstić information content (AvgIpc) is 2.53. The molecule has 1 saturated heterocycles. The van der Waals surface area contributed by atoms with E-state index in [0.717, 1.165) is 17.9 Å². The number of nitrogens with zero attached hydrogens (tertiary/aromatic N) is 3. The predicted molar refractivity (Wildman–Crippen MR) is 72.8 cm³/mol. The van der Waals surface area contributed by atoms with Gasteiger partial charge >= 0.3 is 5.69 Å². The maximum atomic E-state index is 11.0. The fraction of sp³-hybridized carbons (Fsp3) is 0.727. The Morgan fingerprint density at radius 3 is 2.78 bits per heavy atom. The summed E-state index contributed by atoms with van der Waals surface area (Å²) in [5.41, 5.74) is 6.31. The van der Waals surface area contributed by atoms with Gasteiger partial charge in [0.25, 0.3) is 0 Å². The Bertz CT molecular complexity index is 484. The molecule has 2 rings (SSSR count). The Labute approximate surface area is 110 Å². The SMILES string of the molecule is Cc1nn(C2CSCCC2(C)C)c(N)c1[N+](=O)[O-]. The van der Waals surface area contributed by atoms with E-state index < -0.39 is 4.92 Å². The second-order valence-electron chi connectivity index (χ2n) is 5.35. The van der Waals surface area contributed by atoms with Gasteiger partial charge in [0.05, 0.1) is 11.0 Å². The van der Waals surface area contributed by atoms with Gasteiger partial charge in [-0.2, -0.15) is 16.9 Å². The van der Waals surface area contributed by atoms with Crippen LogP contribution in [-0.4, -0.2) is 26.2 Å². The molecule has 6 nitrogen and oxygen atoms in total. The van der Waals surface area contributed by atoms with E-state index in [-0.39, 0.29) is 23.0 Å². The average molecular weight is 270 g/mol. The number of nitro groups is 1. The van der Waals surface area contributed by atoms with Crippen molar-refractivity contribution in [1.82, 2.24) is 9.78 Å². The zero-order chi connectivity index (χ0) is 13.5. The Morgan fingerprint density at radius 1 is 1.61 bits per heavy atom. The second kappa shape index (κ2) is 4.46. The molecule has 1 aliphatic rings. The fourth-order valence-electron chi connectivity index (χ4n) is 2.34. The first kappa shape index (κ1) is 13.2. The molecule has 100 valence electrons.